The van der Waals surface area contributed by atoms with Gasteiger partial charge in [-0.15, -0.1) is 0 Å². The van der Waals surface area contributed by atoms with Gasteiger partial charge in [-0.25, -0.2) is 8.42 Å². The number of sulfonamides is 1. The average molecular weight is 458 g/mol. The molecular weight excluding hydrogens is 438 g/mol. The quantitative estimate of drug-likeness (QED) is 0.582. The molecule has 3 aromatic rings. The molecule has 9 heteroatoms. The molecule has 1 atom stereocenters. The van der Waals surface area contributed by atoms with Gasteiger partial charge in [0.2, 0.25) is 0 Å². The number of alkyl halides is 2. The summed E-state index contributed by atoms with van der Waals surface area (Å²) in [6, 6.07) is 18.3. The summed E-state index contributed by atoms with van der Waals surface area (Å²) in [6.45, 7) is -1.10. The number of ether oxygens (including phenoxy) is 1. The van der Waals surface area contributed by atoms with Gasteiger partial charge in [0.1, 0.15) is 5.75 Å². The summed E-state index contributed by atoms with van der Waals surface area (Å²) < 4.78 is 57.0. The van der Waals surface area contributed by atoms with Crippen molar-refractivity contribution in [1.82, 2.24) is 0 Å². The molecule has 0 aromatic heterocycles. The zero-order chi connectivity index (χ0) is 22.9. The molecule has 1 heterocycles. The third-order valence-electron chi connectivity index (χ3n) is 5.14. The SMILES string of the molecule is CC1Cc2ccccc2N1S(=O)(=O)c1cccc(C(=O)Nc2ccc(OC(F)F)cc2)c1. The van der Waals surface area contributed by atoms with E-state index in [4.69, 9.17) is 0 Å². The van der Waals surface area contributed by atoms with Crippen molar-refractivity contribution in [2.24, 2.45) is 0 Å². The number of halogens is 2. The topological polar surface area (TPSA) is 75.7 Å². The molecule has 0 saturated heterocycles. The van der Waals surface area contributed by atoms with Crippen molar-refractivity contribution in [3.63, 3.8) is 0 Å². The van der Waals surface area contributed by atoms with Crippen molar-refractivity contribution in [1.29, 1.82) is 0 Å². The molecule has 0 saturated carbocycles. The highest BCUT2D eigenvalue weighted by molar-refractivity contribution is 7.92. The maximum Gasteiger partial charge on any atom is 0.387 e. The summed E-state index contributed by atoms with van der Waals surface area (Å²) in [4.78, 5) is 12.7. The second-order valence-corrected chi connectivity index (χ2v) is 9.18. The molecule has 1 N–H and O–H groups in total. The highest BCUT2D eigenvalue weighted by Gasteiger charge is 2.36. The van der Waals surface area contributed by atoms with Gasteiger partial charge < -0.3 is 10.1 Å². The van der Waals surface area contributed by atoms with Crippen LogP contribution < -0.4 is 14.4 Å². The number of carbonyl (C=O) groups excluding carboxylic acids is 1. The molecule has 1 amide bonds. The fraction of sp³-hybridized carbons (Fsp3) is 0.174. The Morgan fingerprint density at radius 1 is 1.06 bits per heavy atom. The molecule has 1 unspecified atom stereocenters. The maximum atomic E-state index is 13.4. The van der Waals surface area contributed by atoms with Gasteiger partial charge in [-0.2, -0.15) is 8.78 Å². The number of hydrogen-bond donors (Lipinski definition) is 1. The Kier molecular flexibility index (Phi) is 5.84. The molecule has 6 nitrogen and oxygen atoms in total. The van der Waals surface area contributed by atoms with Crippen LogP contribution in [0.2, 0.25) is 0 Å². The van der Waals surface area contributed by atoms with Crippen molar-refractivity contribution in [3.05, 3.63) is 83.9 Å². The lowest BCUT2D eigenvalue weighted by Gasteiger charge is -2.24. The zero-order valence-electron chi connectivity index (χ0n) is 17.0. The maximum absolute atomic E-state index is 13.4. The molecule has 0 spiro atoms. The van der Waals surface area contributed by atoms with Crippen LogP contribution in [0.25, 0.3) is 0 Å². The number of amides is 1. The van der Waals surface area contributed by atoms with E-state index >= 15 is 0 Å². The van der Waals surface area contributed by atoms with Crippen LogP contribution >= 0.6 is 0 Å². The van der Waals surface area contributed by atoms with E-state index in [2.05, 4.69) is 10.1 Å². The van der Waals surface area contributed by atoms with Crippen LogP contribution in [-0.4, -0.2) is 27.0 Å². The zero-order valence-corrected chi connectivity index (χ0v) is 17.9. The van der Waals surface area contributed by atoms with Gasteiger partial charge >= 0.3 is 6.61 Å². The first-order valence-corrected chi connectivity index (χ1v) is 11.3. The largest absolute Gasteiger partial charge is 0.435 e. The summed E-state index contributed by atoms with van der Waals surface area (Å²) in [5.74, 6) is -0.564. The van der Waals surface area contributed by atoms with Crippen LogP contribution in [0.4, 0.5) is 20.2 Å². The monoisotopic (exact) mass is 458 g/mol. The molecule has 1 aliphatic rings. The summed E-state index contributed by atoms with van der Waals surface area (Å²) in [7, 11) is -3.88. The first-order chi connectivity index (χ1) is 15.3. The van der Waals surface area contributed by atoms with Gasteiger partial charge in [0.05, 0.1) is 10.6 Å². The van der Waals surface area contributed by atoms with Crippen molar-refractivity contribution >= 4 is 27.3 Å². The Labute approximate surface area is 184 Å². The Morgan fingerprint density at radius 2 is 1.78 bits per heavy atom. The molecular formula is C23H20F2N2O4S. The van der Waals surface area contributed by atoms with E-state index in [1.807, 2.05) is 19.1 Å². The van der Waals surface area contributed by atoms with E-state index in [9.17, 15) is 22.0 Å². The van der Waals surface area contributed by atoms with Gasteiger partial charge in [0.15, 0.2) is 0 Å². The van der Waals surface area contributed by atoms with E-state index in [1.165, 1.54) is 52.8 Å². The molecule has 0 aliphatic carbocycles. The van der Waals surface area contributed by atoms with Crippen LogP contribution in [-0.2, 0) is 16.4 Å². The van der Waals surface area contributed by atoms with E-state index in [1.54, 1.807) is 12.1 Å². The van der Waals surface area contributed by atoms with Crippen LogP contribution in [0, 0.1) is 0 Å². The summed E-state index contributed by atoms with van der Waals surface area (Å²) in [6.07, 6.45) is 0.612. The Bertz CT molecular complexity index is 1250. The van der Waals surface area contributed by atoms with E-state index < -0.39 is 22.5 Å². The minimum atomic E-state index is -3.88. The number of hydrogen-bond acceptors (Lipinski definition) is 4. The third-order valence-corrected chi connectivity index (χ3v) is 7.06. The second kappa shape index (κ2) is 8.58. The first-order valence-electron chi connectivity index (χ1n) is 9.84. The molecule has 0 bridgehead atoms. The van der Waals surface area contributed by atoms with E-state index in [0.29, 0.717) is 17.8 Å². The van der Waals surface area contributed by atoms with Gasteiger partial charge in [-0.3, -0.25) is 9.10 Å². The molecule has 166 valence electrons. The average Bonchev–Trinajstić information content (AvgIpc) is 3.11. The number of benzene rings is 3. The molecule has 0 radical (unpaired) electrons. The van der Waals surface area contributed by atoms with Crippen molar-refractivity contribution in [2.45, 2.75) is 30.9 Å². The lowest BCUT2D eigenvalue weighted by Crippen LogP contribution is -2.35. The number of para-hydroxylation sites is 1. The fourth-order valence-electron chi connectivity index (χ4n) is 3.74. The number of rotatable bonds is 6. The van der Waals surface area contributed by atoms with Gasteiger partial charge in [-0.1, -0.05) is 24.3 Å². The minimum Gasteiger partial charge on any atom is -0.435 e. The third kappa shape index (κ3) is 4.29. The Balaban J connectivity index is 1.56. The number of fused-ring (bicyclic) bond motifs is 1. The number of nitrogens with zero attached hydrogens (tertiary/aromatic N) is 1. The van der Waals surface area contributed by atoms with Gasteiger partial charge in [-0.05, 0) is 67.4 Å². The number of anilines is 2. The first kappa shape index (κ1) is 21.8. The fourth-order valence-corrected chi connectivity index (χ4v) is 5.48. The smallest absolute Gasteiger partial charge is 0.387 e. The standard InChI is InChI=1S/C23H20F2N2O4S/c1-15-13-16-5-2-3-8-21(16)27(15)32(29,30)20-7-4-6-17(14-20)22(28)26-18-9-11-19(12-10-18)31-23(24)25/h2-12,14-15,23H,13H2,1H3,(H,26,28). The van der Waals surface area contributed by atoms with Gasteiger partial charge in [0.25, 0.3) is 15.9 Å². The molecule has 0 fully saturated rings. The second-order valence-electron chi connectivity index (χ2n) is 7.37. The number of carbonyl (C=O) groups is 1. The highest BCUT2D eigenvalue weighted by atomic mass is 32.2. The van der Waals surface area contributed by atoms with Gasteiger partial charge in [0, 0.05) is 17.3 Å². The van der Waals surface area contributed by atoms with Crippen molar-refractivity contribution in [2.75, 3.05) is 9.62 Å². The Morgan fingerprint density at radius 3 is 2.50 bits per heavy atom. The molecule has 4 rings (SSSR count). The normalized spacial score (nSPS) is 15.5. The van der Waals surface area contributed by atoms with E-state index in [-0.39, 0.29) is 22.3 Å². The van der Waals surface area contributed by atoms with Crippen LogP contribution in [0.15, 0.2) is 77.7 Å². The minimum absolute atomic E-state index is 0.00869. The Hall–Kier alpha value is -3.46. The van der Waals surface area contributed by atoms with Crippen molar-refractivity contribution in [3.8, 4) is 5.75 Å². The molecule has 32 heavy (non-hydrogen) atoms. The van der Waals surface area contributed by atoms with E-state index in [0.717, 1.165) is 5.56 Å². The van der Waals surface area contributed by atoms with Crippen LogP contribution in [0.5, 0.6) is 5.75 Å². The lowest BCUT2D eigenvalue weighted by molar-refractivity contribution is -0.0498. The predicted octanol–water partition coefficient (Wildman–Crippen LogP) is 4.68. The summed E-state index contributed by atoms with van der Waals surface area (Å²) >= 11 is 0. The molecule has 1 aliphatic heterocycles. The van der Waals surface area contributed by atoms with Crippen LogP contribution in [0.1, 0.15) is 22.8 Å². The highest BCUT2D eigenvalue weighted by Crippen LogP contribution is 2.36. The summed E-state index contributed by atoms with van der Waals surface area (Å²) in [5, 5.41) is 2.62. The van der Waals surface area contributed by atoms with Crippen LogP contribution in [0.3, 0.4) is 0 Å². The summed E-state index contributed by atoms with van der Waals surface area (Å²) in [5.41, 5.74) is 2.10. The predicted molar refractivity (Wildman–Crippen MR) is 117 cm³/mol. The molecule has 3 aromatic carbocycles. The number of nitrogens with one attached hydrogen (secondary N) is 1. The lowest BCUT2D eigenvalue weighted by atomic mass is 10.1. The van der Waals surface area contributed by atoms with Crippen molar-refractivity contribution < 1.29 is 26.7 Å².